The van der Waals surface area contributed by atoms with Gasteiger partial charge in [-0.15, -0.1) is 0 Å². The molecule has 9 heteroatoms. The Morgan fingerprint density at radius 1 is 1.00 bits per heavy atom. The Kier molecular flexibility index (Phi) is 6.69. The summed E-state index contributed by atoms with van der Waals surface area (Å²) in [6.45, 7) is 2.06. The standard InChI is InChI=1S/C31H27FN6O2/c1-3-4-5-29(39)35-22-11-20(16-33-17-22)18-6-7-27-26(13-18)30(38-37-27)28-15-25-24(8-9-34-31(25)36-28)19-10-21(32)14-23(12-19)40-2/h6-17H,3-5H2,1-2H3,(H,34,36)(H,35,39)(H,37,38). The topological polar surface area (TPSA) is 109 Å². The molecule has 40 heavy (non-hydrogen) atoms. The van der Waals surface area contributed by atoms with E-state index in [1.165, 1.54) is 19.2 Å². The Morgan fingerprint density at radius 3 is 2.75 bits per heavy atom. The van der Waals surface area contributed by atoms with Gasteiger partial charge in [-0.2, -0.15) is 5.10 Å². The highest BCUT2D eigenvalue weighted by Gasteiger charge is 2.16. The molecule has 3 N–H and O–H groups in total. The zero-order valence-electron chi connectivity index (χ0n) is 22.1. The number of unbranched alkanes of at least 4 members (excludes halogenated alkanes) is 1. The number of fused-ring (bicyclic) bond motifs is 2. The van der Waals surface area contributed by atoms with Gasteiger partial charge in [0.25, 0.3) is 0 Å². The van der Waals surface area contributed by atoms with Gasteiger partial charge in [0.2, 0.25) is 5.91 Å². The van der Waals surface area contributed by atoms with E-state index < -0.39 is 0 Å². The van der Waals surface area contributed by atoms with Crippen LogP contribution in [0.15, 0.2) is 73.2 Å². The van der Waals surface area contributed by atoms with Crippen LogP contribution in [-0.2, 0) is 4.79 Å². The van der Waals surface area contributed by atoms with E-state index in [-0.39, 0.29) is 11.7 Å². The number of benzene rings is 2. The van der Waals surface area contributed by atoms with Crippen molar-refractivity contribution in [3.63, 3.8) is 0 Å². The van der Waals surface area contributed by atoms with E-state index in [1.54, 1.807) is 24.7 Å². The number of halogens is 1. The molecule has 0 unspecified atom stereocenters. The lowest BCUT2D eigenvalue weighted by molar-refractivity contribution is -0.116. The van der Waals surface area contributed by atoms with Gasteiger partial charge in [0.15, 0.2) is 0 Å². The molecule has 2 aromatic carbocycles. The molecule has 4 heterocycles. The molecule has 0 aliphatic rings. The van der Waals surface area contributed by atoms with Gasteiger partial charge in [-0.1, -0.05) is 19.4 Å². The molecule has 8 nitrogen and oxygen atoms in total. The predicted octanol–water partition coefficient (Wildman–Crippen LogP) is 7.11. The Balaban J connectivity index is 1.38. The van der Waals surface area contributed by atoms with E-state index in [9.17, 15) is 9.18 Å². The second-order valence-electron chi connectivity index (χ2n) is 9.63. The maximum Gasteiger partial charge on any atom is 0.224 e. The molecule has 0 atom stereocenters. The van der Waals surface area contributed by atoms with Crippen molar-refractivity contribution in [2.24, 2.45) is 0 Å². The van der Waals surface area contributed by atoms with Gasteiger partial charge >= 0.3 is 0 Å². The van der Waals surface area contributed by atoms with E-state index in [0.29, 0.717) is 29.1 Å². The molecule has 0 saturated carbocycles. The minimum atomic E-state index is -0.375. The first-order chi connectivity index (χ1) is 19.5. The molecule has 4 aromatic heterocycles. The number of ether oxygens (including phenoxy) is 1. The summed E-state index contributed by atoms with van der Waals surface area (Å²) in [5.41, 5.74) is 7.04. The number of carbonyl (C=O) groups excluding carboxylic acids is 1. The maximum atomic E-state index is 14.3. The Bertz CT molecular complexity index is 1860. The molecular formula is C31H27FN6O2. The number of methoxy groups -OCH3 is 1. The maximum absolute atomic E-state index is 14.3. The molecule has 0 saturated heterocycles. The van der Waals surface area contributed by atoms with Crippen LogP contribution in [0.4, 0.5) is 10.1 Å². The van der Waals surface area contributed by atoms with Gasteiger partial charge in [-0.25, -0.2) is 9.37 Å². The normalized spacial score (nSPS) is 11.3. The summed E-state index contributed by atoms with van der Waals surface area (Å²) in [7, 11) is 1.52. The molecule has 200 valence electrons. The highest BCUT2D eigenvalue weighted by Crippen LogP contribution is 2.36. The van der Waals surface area contributed by atoms with Crippen molar-refractivity contribution in [2.45, 2.75) is 26.2 Å². The van der Waals surface area contributed by atoms with Crippen molar-refractivity contribution in [1.29, 1.82) is 0 Å². The molecule has 6 aromatic rings. The highest BCUT2D eigenvalue weighted by atomic mass is 19.1. The number of nitrogens with zero attached hydrogens (tertiary/aromatic N) is 3. The van der Waals surface area contributed by atoms with E-state index in [1.807, 2.05) is 36.4 Å². The quantitative estimate of drug-likeness (QED) is 0.193. The molecule has 0 spiro atoms. The van der Waals surface area contributed by atoms with Crippen LogP contribution in [0.3, 0.4) is 0 Å². The van der Waals surface area contributed by atoms with Crippen LogP contribution in [0.1, 0.15) is 26.2 Å². The van der Waals surface area contributed by atoms with Crippen molar-refractivity contribution in [1.82, 2.24) is 25.1 Å². The SMILES string of the molecule is CCCCC(=O)Nc1cncc(-c2ccc3[nH]nc(-c4cc5c(-c6cc(F)cc(OC)c6)ccnc5[nH]4)c3c2)c1. The third-order valence-electron chi connectivity index (χ3n) is 6.88. The van der Waals surface area contributed by atoms with Crippen LogP contribution < -0.4 is 10.1 Å². The van der Waals surface area contributed by atoms with Crippen LogP contribution in [0.5, 0.6) is 5.75 Å². The van der Waals surface area contributed by atoms with Gasteiger partial charge in [-0.3, -0.25) is 14.9 Å². The third kappa shape index (κ3) is 4.89. The van der Waals surface area contributed by atoms with E-state index in [0.717, 1.165) is 57.2 Å². The van der Waals surface area contributed by atoms with E-state index in [2.05, 4.69) is 37.4 Å². The molecule has 0 aliphatic carbocycles. The number of nitrogens with one attached hydrogen (secondary N) is 3. The summed E-state index contributed by atoms with van der Waals surface area (Å²) in [6.07, 6.45) is 7.41. The lowest BCUT2D eigenvalue weighted by Gasteiger charge is -2.07. The molecule has 0 bridgehead atoms. The first-order valence-corrected chi connectivity index (χ1v) is 13.1. The Labute approximate surface area is 229 Å². The smallest absolute Gasteiger partial charge is 0.224 e. The number of H-pyrrole nitrogens is 2. The van der Waals surface area contributed by atoms with Crippen molar-refractivity contribution in [3.8, 4) is 39.4 Å². The monoisotopic (exact) mass is 534 g/mol. The van der Waals surface area contributed by atoms with Crippen LogP contribution >= 0.6 is 0 Å². The van der Waals surface area contributed by atoms with Crippen molar-refractivity contribution in [2.75, 3.05) is 12.4 Å². The number of amides is 1. The first kappa shape index (κ1) is 25.2. The zero-order chi connectivity index (χ0) is 27.6. The molecule has 0 radical (unpaired) electrons. The van der Waals surface area contributed by atoms with Crippen LogP contribution in [0.25, 0.3) is 55.6 Å². The Morgan fingerprint density at radius 2 is 1.90 bits per heavy atom. The van der Waals surface area contributed by atoms with Crippen LogP contribution in [0, 0.1) is 5.82 Å². The number of carbonyl (C=O) groups is 1. The van der Waals surface area contributed by atoms with Crippen LogP contribution in [-0.4, -0.2) is 38.2 Å². The van der Waals surface area contributed by atoms with Crippen molar-refractivity contribution >= 4 is 33.5 Å². The van der Waals surface area contributed by atoms with E-state index in [4.69, 9.17) is 4.74 Å². The zero-order valence-corrected chi connectivity index (χ0v) is 22.1. The highest BCUT2D eigenvalue weighted by molar-refractivity contribution is 6.01. The van der Waals surface area contributed by atoms with Crippen LogP contribution in [0.2, 0.25) is 0 Å². The second kappa shape index (κ2) is 10.6. The van der Waals surface area contributed by atoms with Crippen molar-refractivity contribution in [3.05, 3.63) is 79.0 Å². The average molecular weight is 535 g/mol. The number of hydrogen-bond donors (Lipinski definition) is 3. The summed E-state index contributed by atoms with van der Waals surface area (Å²) in [4.78, 5) is 24.4. The largest absolute Gasteiger partial charge is 0.497 e. The molecule has 1 amide bonds. The van der Waals surface area contributed by atoms with Gasteiger partial charge in [0.05, 0.1) is 30.2 Å². The summed E-state index contributed by atoms with van der Waals surface area (Å²) in [5, 5.41) is 12.4. The summed E-state index contributed by atoms with van der Waals surface area (Å²) < 4.78 is 19.5. The number of aromatic nitrogens is 5. The summed E-state index contributed by atoms with van der Waals surface area (Å²) >= 11 is 0. The van der Waals surface area contributed by atoms with Gasteiger partial charge in [0.1, 0.15) is 22.9 Å². The fraction of sp³-hybridized carbons (Fsp3) is 0.161. The summed E-state index contributed by atoms with van der Waals surface area (Å²) in [6, 6.07) is 16.4. The van der Waals surface area contributed by atoms with Gasteiger partial charge in [0, 0.05) is 41.2 Å². The van der Waals surface area contributed by atoms with Crippen molar-refractivity contribution < 1.29 is 13.9 Å². The summed E-state index contributed by atoms with van der Waals surface area (Å²) in [5.74, 6) is 0.0532. The fourth-order valence-electron chi connectivity index (χ4n) is 4.87. The second-order valence-corrected chi connectivity index (χ2v) is 9.63. The molecule has 6 rings (SSSR count). The lowest BCUT2D eigenvalue weighted by Crippen LogP contribution is -2.11. The number of aromatic amines is 2. The predicted molar refractivity (Wildman–Crippen MR) is 155 cm³/mol. The molecular weight excluding hydrogens is 507 g/mol. The number of pyridine rings is 2. The van der Waals surface area contributed by atoms with E-state index >= 15 is 0 Å². The van der Waals surface area contributed by atoms with Gasteiger partial charge in [-0.05, 0) is 65.6 Å². The van der Waals surface area contributed by atoms with Gasteiger partial charge < -0.3 is 15.0 Å². The number of rotatable bonds is 8. The number of hydrogen-bond acceptors (Lipinski definition) is 5. The lowest BCUT2D eigenvalue weighted by atomic mass is 10.0. The number of anilines is 1. The first-order valence-electron chi connectivity index (χ1n) is 13.1. The average Bonchev–Trinajstić information content (AvgIpc) is 3.59. The fourth-order valence-corrected chi connectivity index (χ4v) is 4.87. The minimum absolute atomic E-state index is 0.0168. The Hall–Kier alpha value is -5.05. The molecule has 0 fully saturated rings. The molecule has 0 aliphatic heterocycles. The third-order valence-corrected chi connectivity index (χ3v) is 6.88. The minimum Gasteiger partial charge on any atom is -0.497 e.